The predicted octanol–water partition coefficient (Wildman–Crippen LogP) is 3.13. The monoisotopic (exact) mass is 339 g/mol. The number of fused-ring (bicyclic) bond motifs is 5. The number of amides is 1. The summed E-state index contributed by atoms with van der Waals surface area (Å²) in [5.41, 5.74) is 2.89. The number of pyridine rings is 1. The Bertz CT molecular complexity index is 959. The van der Waals surface area contributed by atoms with Gasteiger partial charge in [0.2, 0.25) is 0 Å². The third kappa shape index (κ3) is 2.22. The maximum Gasteiger partial charge on any atom is 0.407 e. The molecule has 2 bridgehead atoms. The standard InChI is InChI=1S/C18H21N5O2/c1-25-18(24)21-9-15-22-13-8-20-17-12(4-5-19-17)16(13)23(15)14-7-10-2-3-11(14)6-10/h4-5,8,10-11,14H,2-3,6-7,9H2,1H3,(H,19,20)(H,21,24). The number of alkyl carbamates (subject to hydrolysis) is 1. The largest absolute Gasteiger partial charge is 0.453 e. The number of hydrogen-bond donors (Lipinski definition) is 2. The molecule has 0 saturated heterocycles. The normalized spacial score (nSPS) is 25.1. The zero-order chi connectivity index (χ0) is 17.0. The van der Waals surface area contributed by atoms with Crippen LogP contribution in [0.5, 0.6) is 0 Å². The molecule has 0 radical (unpaired) electrons. The minimum absolute atomic E-state index is 0.362. The summed E-state index contributed by atoms with van der Waals surface area (Å²) in [4.78, 5) is 24.0. The van der Waals surface area contributed by atoms with Gasteiger partial charge < -0.3 is 19.6 Å². The first-order chi connectivity index (χ1) is 12.2. The second-order valence-electron chi connectivity index (χ2n) is 7.22. The maximum absolute atomic E-state index is 11.5. The molecule has 0 aromatic carbocycles. The van der Waals surface area contributed by atoms with Crippen LogP contribution in [-0.2, 0) is 11.3 Å². The number of nitrogens with zero attached hydrogens (tertiary/aromatic N) is 3. The number of nitrogens with one attached hydrogen (secondary N) is 2. The first-order valence-electron chi connectivity index (χ1n) is 8.89. The average Bonchev–Trinajstić information content (AvgIpc) is 3.40. The molecule has 0 spiro atoms. The van der Waals surface area contributed by atoms with Crippen molar-refractivity contribution < 1.29 is 9.53 Å². The van der Waals surface area contributed by atoms with Gasteiger partial charge in [-0.1, -0.05) is 6.42 Å². The zero-order valence-electron chi connectivity index (χ0n) is 14.2. The molecule has 2 saturated carbocycles. The molecule has 5 rings (SSSR count). The van der Waals surface area contributed by atoms with Gasteiger partial charge in [-0.15, -0.1) is 0 Å². The third-order valence-electron chi connectivity index (χ3n) is 5.92. The lowest BCUT2D eigenvalue weighted by Crippen LogP contribution is -2.26. The van der Waals surface area contributed by atoms with E-state index in [4.69, 9.17) is 9.72 Å². The first kappa shape index (κ1) is 14.7. The molecule has 2 fully saturated rings. The summed E-state index contributed by atoms with van der Waals surface area (Å²) in [6.07, 6.45) is 8.47. The minimum atomic E-state index is -0.434. The van der Waals surface area contributed by atoms with Crippen molar-refractivity contribution >= 4 is 28.2 Å². The highest BCUT2D eigenvalue weighted by Crippen LogP contribution is 2.52. The summed E-state index contributed by atoms with van der Waals surface area (Å²) in [5, 5.41) is 3.88. The number of carbonyl (C=O) groups excluding carboxylic acids is 1. The van der Waals surface area contributed by atoms with Crippen molar-refractivity contribution in [2.45, 2.75) is 38.3 Å². The Morgan fingerprint density at radius 2 is 2.36 bits per heavy atom. The Labute approximate surface area is 144 Å². The summed E-state index contributed by atoms with van der Waals surface area (Å²) in [7, 11) is 1.38. The van der Waals surface area contributed by atoms with Gasteiger partial charge in [0.15, 0.2) is 0 Å². The van der Waals surface area contributed by atoms with Crippen molar-refractivity contribution in [1.29, 1.82) is 0 Å². The third-order valence-corrected chi connectivity index (χ3v) is 5.92. The molecule has 3 aromatic heterocycles. The SMILES string of the molecule is COC(=O)NCc1nc2cnc3[nH]ccc3c2n1C1CC2CCC1C2. The number of methoxy groups -OCH3 is 1. The van der Waals surface area contributed by atoms with Crippen LogP contribution in [0.2, 0.25) is 0 Å². The quantitative estimate of drug-likeness (QED) is 0.768. The van der Waals surface area contributed by atoms with Gasteiger partial charge in [-0.2, -0.15) is 0 Å². The summed E-state index contributed by atoms with van der Waals surface area (Å²) in [5.74, 6) is 2.42. The van der Waals surface area contributed by atoms with E-state index in [1.165, 1.54) is 32.8 Å². The number of imidazole rings is 1. The van der Waals surface area contributed by atoms with Crippen molar-refractivity contribution in [3.63, 3.8) is 0 Å². The molecule has 1 amide bonds. The van der Waals surface area contributed by atoms with E-state index in [1.807, 2.05) is 12.4 Å². The lowest BCUT2D eigenvalue weighted by Gasteiger charge is -2.26. The van der Waals surface area contributed by atoms with Crippen LogP contribution in [0.4, 0.5) is 4.79 Å². The van der Waals surface area contributed by atoms with Crippen molar-refractivity contribution in [1.82, 2.24) is 24.8 Å². The van der Waals surface area contributed by atoms with E-state index in [-0.39, 0.29) is 0 Å². The van der Waals surface area contributed by atoms with Crippen molar-refractivity contribution in [2.75, 3.05) is 7.11 Å². The highest BCUT2D eigenvalue weighted by atomic mass is 16.5. The average molecular weight is 339 g/mol. The van der Waals surface area contributed by atoms with Gasteiger partial charge in [-0.25, -0.2) is 14.8 Å². The van der Waals surface area contributed by atoms with Gasteiger partial charge in [0.05, 0.1) is 25.4 Å². The number of aromatic nitrogens is 4. The van der Waals surface area contributed by atoms with Gasteiger partial charge in [-0.3, -0.25) is 0 Å². The smallest absolute Gasteiger partial charge is 0.407 e. The van der Waals surface area contributed by atoms with Crippen LogP contribution in [-0.4, -0.2) is 32.7 Å². The Balaban J connectivity index is 1.67. The highest BCUT2D eigenvalue weighted by Gasteiger charge is 2.42. The van der Waals surface area contributed by atoms with Crippen LogP contribution in [0.3, 0.4) is 0 Å². The number of ether oxygens (including phenoxy) is 1. The molecule has 7 nitrogen and oxygen atoms in total. The first-order valence-corrected chi connectivity index (χ1v) is 8.89. The van der Waals surface area contributed by atoms with E-state index in [1.54, 1.807) is 0 Å². The van der Waals surface area contributed by atoms with E-state index in [9.17, 15) is 4.79 Å². The Morgan fingerprint density at radius 1 is 1.44 bits per heavy atom. The van der Waals surface area contributed by atoms with E-state index >= 15 is 0 Å². The molecule has 3 heterocycles. The topological polar surface area (TPSA) is 84.8 Å². The molecule has 25 heavy (non-hydrogen) atoms. The fraction of sp³-hybridized carbons (Fsp3) is 0.500. The maximum atomic E-state index is 11.5. The fourth-order valence-corrected chi connectivity index (χ4v) is 4.87. The molecular formula is C18H21N5O2. The van der Waals surface area contributed by atoms with E-state index in [0.29, 0.717) is 18.5 Å². The molecule has 2 aliphatic rings. The molecule has 3 unspecified atom stereocenters. The Hall–Kier alpha value is -2.57. The Morgan fingerprint density at radius 3 is 3.12 bits per heavy atom. The zero-order valence-corrected chi connectivity index (χ0v) is 14.2. The molecule has 0 aliphatic heterocycles. The Kier molecular flexibility index (Phi) is 3.23. The second kappa shape index (κ2) is 5.47. The summed E-state index contributed by atoms with van der Waals surface area (Å²) in [6, 6.07) is 2.52. The summed E-state index contributed by atoms with van der Waals surface area (Å²) >= 11 is 0. The fourth-order valence-electron chi connectivity index (χ4n) is 4.87. The number of aromatic amines is 1. The van der Waals surface area contributed by atoms with Gasteiger partial charge in [0, 0.05) is 17.6 Å². The van der Waals surface area contributed by atoms with Crippen molar-refractivity contribution in [3.8, 4) is 0 Å². The molecular weight excluding hydrogens is 318 g/mol. The van der Waals surface area contributed by atoms with Gasteiger partial charge >= 0.3 is 6.09 Å². The van der Waals surface area contributed by atoms with E-state index in [2.05, 4.69) is 25.9 Å². The van der Waals surface area contributed by atoms with E-state index in [0.717, 1.165) is 33.8 Å². The van der Waals surface area contributed by atoms with Crippen molar-refractivity contribution in [3.05, 3.63) is 24.3 Å². The van der Waals surface area contributed by atoms with Gasteiger partial charge in [0.1, 0.15) is 17.0 Å². The van der Waals surface area contributed by atoms with Gasteiger partial charge in [0.25, 0.3) is 0 Å². The summed E-state index contributed by atoms with van der Waals surface area (Å²) in [6.45, 7) is 0.362. The van der Waals surface area contributed by atoms with Crippen LogP contribution in [0.15, 0.2) is 18.5 Å². The number of carbonyl (C=O) groups is 1. The number of rotatable bonds is 3. The number of hydrogen-bond acceptors (Lipinski definition) is 4. The number of H-pyrrole nitrogens is 1. The molecule has 7 heteroatoms. The lowest BCUT2D eigenvalue weighted by molar-refractivity contribution is 0.170. The molecule has 2 aliphatic carbocycles. The molecule has 3 atom stereocenters. The lowest BCUT2D eigenvalue weighted by atomic mass is 9.95. The van der Waals surface area contributed by atoms with E-state index < -0.39 is 6.09 Å². The van der Waals surface area contributed by atoms with Crippen molar-refractivity contribution in [2.24, 2.45) is 11.8 Å². The molecule has 2 N–H and O–H groups in total. The summed E-state index contributed by atoms with van der Waals surface area (Å²) < 4.78 is 7.08. The van der Waals surface area contributed by atoms with Crippen LogP contribution in [0.25, 0.3) is 22.1 Å². The predicted molar refractivity (Wildman–Crippen MR) is 93.1 cm³/mol. The van der Waals surface area contributed by atoms with Crippen LogP contribution < -0.4 is 5.32 Å². The van der Waals surface area contributed by atoms with Crippen LogP contribution in [0, 0.1) is 11.8 Å². The highest BCUT2D eigenvalue weighted by molar-refractivity contribution is 6.01. The van der Waals surface area contributed by atoms with Gasteiger partial charge in [-0.05, 0) is 37.2 Å². The van der Waals surface area contributed by atoms with Crippen LogP contribution >= 0.6 is 0 Å². The minimum Gasteiger partial charge on any atom is -0.453 e. The second-order valence-corrected chi connectivity index (χ2v) is 7.22. The molecule has 3 aromatic rings. The van der Waals surface area contributed by atoms with Crippen LogP contribution in [0.1, 0.15) is 37.5 Å². The molecule has 130 valence electrons.